The van der Waals surface area contributed by atoms with Gasteiger partial charge in [0.05, 0.1) is 0 Å². The number of allylic oxidation sites excluding steroid dienone is 2. The van der Waals surface area contributed by atoms with Crippen LogP contribution in [-0.2, 0) is 0 Å². The SMILES string of the molecule is C.C1=C/CCCCCC/1.CC. The monoisotopic (exact) mass is 156 g/mol. The zero-order valence-electron chi connectivity index (χ0n) is 7.40. The van der Waals surface area contributed by atoms with E-state index < -0.39 is 0 Å². The molecule has 0 radical (unpaired) electrons. The molecule has 0 N–H and O–H groups in total. The molecular weight excluding hydrogens is 132 g/mol. The van der Waals surface area contributed by atoms with E-state index in [1.807, 2.05) is 13.8 Å². The lowest BCUT2D eigenvalue weighted by atomic mass is 10.1. The fraction of sp³-hybridized carbons (Fsp3) is 0.818. The summed E-state index contributed by atoms with van der Waals surface area (Å²) in [6, 6.07) is 0. The van der Waals surface area contributed by atoms with E-state index in [0.717, 1.165) is 0 Å². The Kier molecular flexibility index (Phi) is 15.1. The lowest BCUT2D eigenvalue weighted by Gasteiger charge is -2.00. The zero-order chi connectivity index (χ0) is 7.66. The molecule has 0 saturated heterocycles. The summed E-state index contributed by atoms with van der Waals surface area (Å²) >= 11 is 0. The Hall–Kier alpha value is -0.260. The van der Waals surface area contributed by atoms with Gasteiger partial charge in [0.15, 0.2) is 0 Å². The van der Waals surface area contributed by atoms with E-state index in [0.29, 0.717) is 0 Å². The van der Waals surface area contributed by atoms with Gasteiger partial charge < -0.3 is 0 Å². The average molecular weight is 156 g/mol. The highest BCUT2D eigenvalue weighted by molar-refractivity contribution is 4.82. The van der Waals surface area contributed by atoms with Gasteiger partial charge in [-0.25, -0.2) is 0 Å². The Morgan fingerprint density at radius 2 is 1.09 bits per heavy atom. The fourth-order valence-corrected chi connectivity index (χ4v) is 1.11. The van der Waals surface area contributed by atoms with Crippen LogP contribution in [0.2, 0.25) is 0 Å². The summed E-state index contributed by atoms with van der Waals surface area (Å²) in [7, 11) is 0. The average Bonchev–Trinajstić information content (AvgIpc) is 1.90. The van der Waals surface area contributed by atoms with Crippen LogP contribution in [0.15, 0.2) is 12.2 Å². The smallest absolute Gasteiger partial charge is 0.0351 e. The third kappa shape index (κ3) is 9.74. The van der Waals surface area contributed by atoms with Gasteiger partial charge in [-0.1, -0.05) is 46.3 Å². The first-order valence-corrected chi connectivity index (χ1v) is 4.65. The topological polar surface area (TPSA) is 0 Å². The molecule has 1 aliphatic carbocycles. The van der Waals surface area contributed by atoms with Crippen molar-refractivity contribution in [3.63, 3.8) is 0 Å². The quantitative estimate of drug-likeness (QED) is 0.451. The van der Waals surface area contributed by atoms with Crippen molar-refractivity contribution in [3.05, 3.63) is 12.2 Å². The summed E-state index contributed by atoms with van der Waals surface area (Å²) in [5, 5.41) is 0. The molecule has 11 heavy (non-hydrogen) atoms. The van der Waals surface area contributed by atoms with Gasteiger partial charge in [0.2, 0.25) is 0 Å². The Balaban J connectivity index is 0. The van der Waals surface area contributed by atoms with Gasteiger partial charge in [-0.2, -0.15) is 0 Å². The van der Waals surface area contributed by atoms with Crippen LogP contribution >= 0.6 is 0 Å². The van der Waals surface area contributed by atoms with Crippen LogP contribution < -0.4 is 0 Å². The van der Waals surface area contributed by atoms with E-state index in [1.54, 1.807) is 0 Å². The maximum absolute atomic E-state index is 2.32. The van der Waals surface area contributed by atoms with E-state index in [9.17, 15) is 0 Å². The van der Waals surface area contributed by atoms with Crippen molar-refractivity contribution in [3.8, 4) is 0 Å². The minimum Gasteiger partial charge on any atom is -0.0885 e. The predicted molar refractivity (Wildman–Crippen MR) is 54.9 cm³/mol. The summed E-state index contributed by atoms with van der Waals surface area (Å²) in [5.74, 6) is 0. The highest BCUT2D eigenvalue weighted by atomic mass is 14.0. The zero-order valence-corrected chi connectivity index (χ0v) is 7.40. The third-order valence-corrected chi connectivity index (χ3v) is 1.66. The summed E-state index contributed by atoms with van der Waals surface area (Å²) in [5.41, 5.74) is 0. The van der Waals surface area contributed by atoms with Crippen molar-refractivity contribution in [2.45, 2.75) is 59.8 Å². The second kappa shape index (κ2) is 12.4. The molecule has 0 aromatic rings. The van der Waals surface area contributed by atoms with E-state index in [2.05, 4.69) is 12.2 Å². The first-order valence-electron chi connectivity index (χ1n) is 4.65. The van der Waals surface area contributed by atoms with E-state index >= 15 is 0 Å². The van der Waals surface area contributed by atoms with Crippen molar-refractivity contribution in [2.24, 2.45) is 0 Å². The molecule has 0 nitrogen and oxygen atoms in total. The fourth-order valence-electron chi connectivity index (χ4n) is 1.11. The lowest BCUT2D eigenvalue weighted by Crippen LogP contribution is -1.80. The van der Waals surface area contributed by atoms with Gasteiger partial charge in [0, 0.05) is 0 Å². The Morgan fingerprint density at radius 1 is 0.727 bits per heavy atom. The molecular formula is C11H24. The number of hydrogen-bond acceptors (Lipinski definition) is 0. The molecule has 0 bridgehead atoms. The number of rotatable bonds is 0. The van der Waals surface area contributed by atoms with Crippen LogP contribution in [-0.4, -0.2) is 0 Å². The highest BCUT2D eigenvalue weighted by Crippen LogP contribution is 2.09. The third-order valence-electron chi connectivity index (χ3n) is 1.66. The van der Waals surface area contributed by atoms with Crippen LogP contribution in [0.25, 0.3) is 0 Å². The molecule has 0 aromatic heterocycles. The van der Waals surface area contributed by atoms with Gasteiger partial charge in [-0.3, -0.25) is 0 Å². The van der Waals surface area contributed by atoms with Crippen molar-refractivity contribution >= 4 is 0 Å². The largest absolute Gasteiger partial charge is 0.0885 e. The predicted octanol–water partition coefficient (Wildman–Crippen LogP) is 4.56. The normalized spacial score (nSPS) is 19.5. The molecule has 0 spiro atoms. The van der Waals surface area contributed by atoms with Gasteiger partial charge in [0.1, 0.15) is 0 Å². The summed E-state index contributed by atoms with van der Waals surface area (Å²) < 4.78 is 0. The molecule has 0 aromatic carbocycles. The standard InChI is InChI=1S/C8H14.C2H6.CH4/c1-2-4-6-8-7-5-3-1;1-2;/h1-2H,3-8H2;1-2H3;1H4/b2-1+;;. The number of hydrogen-bond donors (Lipinski definition) is 0. The van der Waals surface area contributed by atoms with Crippen LogP contribution in [0, 0.1) is 0 Å². The van der Waals surface area contributed by atoms with Crippen molar-refractivity contribution in [1.82, 2.24) is 0 Å². The van der Waals surface area contributed by atoms with E-state index in [-0.39, 0.29) is 7.43 Å². The van der Waals surface area contributed by atoms with Crippen molar-refractivity contribution in [2.75, 3.05) is 0 Å². The molecule has 0 aliphatic heterocycles. The second-order valence-electron chi connectivity index (χ2n) is 2.46. The Labute approximate surface area is 72.7 Å². The van der Waals surface area contributed by atoms with Gasteiger partial charge in [0.25, 0.3) is 0 Å². The first-order chi connectivity index (χ1) is 5.00. The van der Waals surface area contributed by atoms with Crippen molar-refractivity contribution < 1.29 is 0 Å². The first kappa shape index (κ1) is 13.3. The van der Waals surface area contributed by atoms with Crippen LogP contribution in [0.5, 0.6) is 0 Å². The van der Waals surface area contributed by atoms with E-state index in [4.69, 9.17) is 0 Å². The minimum atomic E-state index is 0. The molecule has 0 unspecified atom stereocenters. The maximum atomic E-state index is 2.32. The lowest BCUT2D eigenvalue weighted by molar-refractivity contribution is 0.638. The van der Waals surface area contributed by atoms with E-state index in [1.165, 1.54) is 38.5 Å². The summed E-state index contributed by atoms with van der Waals surface area (Å²) in [4.78, 5) is 0. The van der Waals surface area contributed by atoms with Crippen LogP contribution in [0.4, 0.5) is 0 Å². The molecule has 1 rings (SSSR count). The molecule has 68 valence electrons. The summed E-state index contributed by atoms with van der Waals surface area (Å²) in [6.45, 7) is 4.00. The Bertz CT molecular complexity index is 62.1. The molecule has 0 amide bonds. The molecule has 0 heteroatoms. The molecule has 0 atom stereocenters. The van der Waals surface area contributed by atoms with Gasteiger partial charge in [-0.15, -0.1) is 0 Å². The molecule has 0 saturated carbocycles. The second-order valence-corrected chi connectivity index (χ2v) is 2.46. The molecule has 0 heterocycles. The molecule has 0 fully saturated rings. The molecule has 1 aliphatic rings. The van der Waals surface area contributed by atoms with Crippen molar-refractivity contribution in [1.29, 1.82) is 0 Å². The van der Waals surface area contributed by atoms with Gasteiger partial charge in [-0.05, 0) is 25.7 Å². The maximum Gasteiger partial charge on any atom is -0.0351 e. The van der Waals surface area contributed by atoms with Crippen LogP contribution in [0.1, 0.15) is 59.8 Å². The van der Waals surface area contributed by atoms with Gasteiger partial charge >= 0.3 is 0 Å². The minimum absolute atomic E-state index is 0. The Morgan fingerprint density at radius 3 is 1.45 bits per heavy atom. The highest BCUT2D eigenvalue weighted by Gasteiger charge is 1.89. The van der Waals surface area contributed by atoms with Crippen LogP contribution in [0.3, 0.4) is 0 Å². The summed E-state index contributed by atoms with van der Waals surface area (Å²) in [6.07, 6.45) is 13.0.